The third-order valence-electron chi connectivity index (χ3n) is 8.49. The molecule has 0 spiro atoms. The number of hydrogen-bond acceptors (Lipinski definition) is 3. The summed E-state index contributed by atoms with van der Waals surface area (Å²) in [5.74, 6) is 0.704. The number of rotatable bonds is 3. The zero-order valence-electron chi connectivity index (χ0n) is 21.7. The van der Waals surface area contributed by atoms with Crippen LogP contribution in [0, 0.1) is 0 Å². The molecule has 6 nitrogen and oxygen atoms in total. The van der Waals surface area contributed by atoms with Crippen molar-refractivity contribution in [3.05, 3.63) is 88.7 Å². The van der Waals surface area contributed by atoms with E-state index in [0.717, 1.165) is 43.1 Å². The lowest BCUT2D eigenvalue weighted by molar-refractivity contribution is 0.0653. The molecule has 0 atom stereocenters. The Labute approximate surface area is 219 Å². The highest BCUT2D eigenvalue weighted by molar-refractivity contribution is 6.06. The Hall–Kier alpha value is -3.38. The number of likely N-dealkylation sites (N-methyl/N-ethyl adjacent to an activating group) is 1. The fourth-order valence-electron chi connectivity index (χ4n) is 6.19. The van der Waals surface area contributed by atoms with Gasteiger partial charge in [0.05, 0.1) is 13.1 Å². The molecule has 3 aliphatic rings. The average molecular weight is 497 g/mol. The fraction of sp³-hybridized carbons (Fsp3) is 0.419. The molecule has 2 fully saturated rings. The number of fused-ring (bicyclic) bond motifs is 2. The molecule has 3 heterocycles. The predicted molar refractivity (Wildman–Crippen MR) is 146 cm³/mol. The van der Waals surface area contributed by atoms with E-state index < -0.39 is 0 Å². The second kappa shape index (κ2) is 10.2. The summed E-state index contributed by atoms with van der Waals surface area (Å²) in [4.78, 5) is 33.4. The van der Waals surface area contributed by atoms with E-state index in [-0.39, 0.29) is 11.8 Å². The summed E-state index contributed by atoms with van der Waals surface area (Å²) in [5, 5.41) is 0. The molecule has 3 aromatic rings. The SMILES string of the molecule is CN1CCN(C(=O)c2ccc3n2Cc2ccccc2N(C(=O)c2ccc(C4CCCCC4)cc2)C3)CC1. The van der Waals surface area contributed by atoms with Gasteiger partial charge >= 0.3 is 0 Å². The first-order valence-electron chi connectivity index (χ1n) is 13.7. The van der Waals surface area contributed by atoms with Gasteiger partial charge < -0.3 is 19.3 Å². The molecule has 192 valence electrons. The van der Waals surface area contributed by atoms with Gasteiger partial charge in [0.25, 0.3) is 11.8 Å². The minimum absolute atomic E-state index is 0.00392. The van der Waals surface area contributed by atoms with Crippen LogP contribution in [0.1, 0.15) is 75.7 Å². The van der Waals surface area contributed by atoms with Crippen LogP contribution in [-0.2, 0) is 13.1 Å². The van der Waals surface area contributed by atoms with Gasteiger partial charge in [-0.1, -0.05) is 49.6 Å². The maximum absolute atomic E-state index is 13.9. The number of piperazine rings is 1. The number of carbonyl (C=O) groups excluding carboxylic acids is 2. The minimum Gasteiger partial charge on any atom is -0.335 e. The molecule has 1 aromatic heterocycles. The van der Waals surface area contributed by atoms with E-state index in [4.69, 9.17) is 0 Å². The summed E-state index contributed by atoms with van der Waals surface area (Å²) in [6.07, 6.45) is 6.44. The number of benzene rings is 2. The largest absolute Gasteiger partial charge is 0.335 e. The van der Waals surface area contributed by atoms with E-state index in [1.54, 1.807) is 0 Å². The van der Waals surface area contributed by atoms with Crippen LogP contribution in [0.3, 0.4) is 0 Å². The van der Waals surface area contributed by atoms with Crippen LogP contribution in [0.25, 0.3) is 0 Å². The smallest absolute Gasteiger partial charge is 0.270 e. The zero-order chi connectivity index (χ0) is 25.4. The Morgan fingerprint density at radius 3 is 2.24 bits per heavy atom. The monoisotopic (exact) mass is 496 g/mol. The van der Waals surface area contributed by atoms with E-state index in [9.17, 15) is 9.59 Å². The summed E-state index contributed by atoms with van der Waals surface area (Å²) >= 11 is 0. The highest BCUT2D eigenvalue weighted by Gasteiger charge is 2.29. The van der Waals surface area contributed by atoms with E-state index in [1.165, 1.54) is 37.7 Å². The van der Waals surface area contributed by atoms with Crippen LogP contribution >= 0.6 is 0 Å². The first kappa shape index (κ1) is 24.0. The lowest BCUT2D eigenvalue weighted by atomic mass is 9.84. The molecule has 37 heavy (non-hydrogen) atoms. The third-order valence-corrected chi connectivity index (χ3v) is 8.49. The van der Waals surface area contributed by atoms with E-state index in [0.29, 0.717) is 30.3 Å². The van der Waals surface area contributed by atoms with Crippen LogP contribution < -0.4 is 4.90 Å². The van der Waals surface area contributed by atoms with Crippen molar-refractivity contribution in [2.75, 3.05) is 38.1 Å². The molecule has 0 radical (unpaired) electrons. The second-order valence-electron chi connectivity index (χ2n) is 10.9. The summed E-state index contributed by atoms with van der Waals surface area (Å²) < 4.78 is 2.11. The van der Waals surface area contributed by atoms with Crippen molar-refractivity contribution in [1.29, 1.82) is 0 Å². The molecule has 0 bridgehead atoms. The highest BCUT2D eigenvalue weighted by Crippen LogP contribution is 2.34. The number of hydrogen-bond donors (Lipinski definition) is 0. The number of para-hydroxylation sites is 1. The molecule has 1 saturated heterocycles. The van der Waals surface area contributed by atoms with E-state index in [1.807, 2.05) is 52.3 Å². The molecule has 1 aliphatic carbocycles. The molecule has 2 aliphatic heterocycles. The van der Waals surface area contributed by atoms with Crippen molar-refractivity contribution in [3.8, 4) is 0 Å². The molecular weight excluding hydrogens is 460 g/mol. The van der Waals surface area contributed by atoms with Crippen LogP contribution in [-0.4, -0.2) is 59.4 Å². The summed E-state index contributed by atoms with van der Waals surface area (Å²) in [7, 11) is 2.09. The van der Waals surface area contributed by atoms with Gasteiger partial charge in [0.15, 0.2) is 0 Å². The first-order chi connectivity index (χ1) is 18.1. The number of carbonyl (C=O) groups is 2. The van der Waals surface area contributed by atoms with Crippen molar-refractivity contribution in [2.24, 2.45) is 0 Å². The first-order valence-corrected chi connectivity index (χ1v) is 13.7. The van der Waals surface area contributed by atoms with Gasteiger partial charge in [-0.2, -0.15) is 0 Å². The van der Waals surface area contributed by atoms with Crippen LogP contribution in [0.15, 0.2) is 60.7 Å². The van der Waals surface area contributed by atoms with Crippen molar-refractivity contribution in [2.45, 2.75) is 51.1 Å². The maximum atomic E-state index is 13.9. The molecule has 6 heteroatoms. The van der Waals surface area contributed by atoms with Crippen LogP contribution in [0.4, 0.5) is 5.69 Å². The van der Waals surface area contributed by atoms with E-state index >= 15 is 0 Å². The molecule has 6 rings (SSSR count). The number of anilines is 1. The quantitative estimate of drug-likeness (QED) is 0.505. The fourth-order valence-corrected chi connectivity index (χ4v) is 6.19. The van der Waals surface area contributed by atoms with Gasteiger partial charge in [0.2, 0.25) is 0 Å². The van der Waals surface area contributed by atoms with Crippen molar-refractivity contribution < 1.29 is 9.59 Å². The van der Waals surface area contributed by atoms with Gasteiger partial charge in [0, 0.05) is 43.1 Å². The van der Waals surface area contributed by atoms with Gasteiger partial charge in [-0.3, -0.25) is 9.59 Å². The predicted octanol–water partition coefficient (Wildman–Crippen LogP) is 5.13. The van der Waals surface area contributed by atoms with Crippen molar-refractivity contribution in [1.82, 2.24) is 14.4 Å². The zero-order valence-corrected chi connectivity index (χ0v) is 21.7. The Kier molecular flexibility index (Phi) is 6.59. The summed E-state index contributed by atoms with van der Waals surface area (Å²) in [6.45, 7) is 4.30. The summed E-state index contributed by atoms with van der Waals surface area (Å²) in [6, 6.07) is 20.4. The number of amides is 2. The van der Waals surface area contributed by atoms with Gasteiger partial charge in [-0.05, 0) is 67.3 Å². The van der Waals surface area contributed by atoms with Crippen molar-refractivity contribution >= 4 is 17.5 Å². The van der Waals surface area contributed by atoms with E-state index in [2.05, 4.69) is 34.7 Å². The molecule has 2 amide bonds. The second-order valence-corrected chi connectivity index (χ2v) is 10.9. The van der Waals surface area contributed by atoms with Crippen LogP contribution in [0.2, 0.25) is 0 Å². The van der Waals surface area contributed by atoms with Gasteiger partial charge in [0.1, 0.15) is 5.69 Å². The van der Waals surface area contributed by atoms with Gasteiger partial charge in [-0.25, -0.2) is 0 Å². The van der Waals surface area contributed by atoms with Crippen LogP contribution in [0.5, 0.6) is 0 Å². The molecule has 2 aromatic carbocycles. The van der Waals surface area contributed by atoms with Gasteiger partial charge in [-0.15, -0.1) is 0 Å². The third kappa shape index (κ3) is 4.71. The number of nitrogens with zero attached hydrogens (tertiary/aromatic N) is 4. The molecule has 0 unspecified atom stereocenters. The topological polar surface area (TPSA) is 48.8 Å². The minimum atomic E-state index is 0.00392. The van der Waals surface area contributed by atoms with Crippen molar-refractivity contribution in [3.63, 3.8) is 0 Å². The lowest BCUT2D eigenvalue weighted by Gasteiger charge is -2.32. The number of aromatic nitrogens is 1. The maximum Gasteiger partial charge on any atom is 0.270 e. The Balaban J connectivity index is 1.28. The Morgan fingerprint density at radius 2 is 1.49 bits per heavy atom. The summed E-state index contributed by atoms with van der Waals surface area (Å²) in [5.41, 5.74) is 5.74. The Bertz CT molecular complexity index is 1280. The lowest BCUT2D eigenvalue weighted by Crippen LogP contribution is -2.47. The standard InChI is InChI=1S/C31H36N4O2/c1-32-17-19-33(20-18-32)31(37)29-16-15-27-22-35(28-10-6-5-9-26(28)21-34(27)29)30(36)25-13-11-24(12-14-25)23-7-3-2-4-8-23/h5-6,9-16,23H,2-4,7-8,17-22H2,1H3. The average Bonchev–Trinajstić information content (AvgIpc) is 3.26. The Morgan fingerprint density at radius 1 is 0.757 bits per heavy atom. The highest BCUT2D eigenvalue weighted by atomic mass is 16.2. The molecule has 0 N–H and O–H groups in total. The normalized spacial score (nSPS) is 18.7. The molecular formula is C31H36N4O2. The molecule has 1 saturated carbocycles.